The summed E-state index contributed by atoms with van der Waals surface area (Å²) >= 11 is 0. The summed E-state index contributed by atoms with van der Waals surface area (Å²) in [6.07, 6.45) is 9.05. The number of amides is 1. The number of rotatable bonds is 12. The molecule has 1 amide bonds. The molecule has 0 saturated heterocycles. The zero-order valence-corrected chi connectivity index (χ0v) is 15.3. The third-order valence-corrected chi connectivity index (χ3v) is 4.19. The predicted molar refractivity (Wildman–Crippen MR) is 94.8 cm³/mol. The van der Waals surface area contributed by atoms with Crippen LogP contribution in [0, 0.1) is 5.92 Å². The van der Waals surface area contributed by atoms with Gasteiger partial charge in [-0.3, -0.25) is 4.79 Å². The Kier molecular flexibility index (Phi) is 11.3. The highest BCUT2D eigenvalue weighted by atomic mass is 16.3. The maximum Gasteiger partial charge on any atom is 0.228 e. The molecular formula is C19H37NO2. The average molecular weight is 312 g/mol. The van der Waals surface area contributed by atoms with Crippen molar-refractivity contribution < 1.29 is 9.90 Å². The van der Waals surface area contributed by atoms with Crippen LogP contribution in [0.1, 0.15) is 79.6 Å². The minimum Gasteiger partial charge on any atom is -0.393 e. The van der Waals surface area contributed by atoms with Crippen LogP contribution >= 0.6 is 0 Å². The standard InChI is InChI=1S/C19H37NO2/c1-7-8-9-10-11-12-13-14-18(17(6)21)19(22)20(15(2)3)16(4)5/h7,15-18,21H,1,8-14H2,2-6H3. The van der Waals surface area contributed by atoms with Gasteiger partial charge in [0.05, 0.1) is 12.0 Å². The Bertz CT molecular complexity index is 303. The van der Waals surface area contributed by atoms with Crippen molar-refractivity contribution in [2.45, 2.75) is 97.8 Å². The van der Waals surface area contributed by atoms with Crippen molar-refractivity contribution in [3.8, 4) is 0 Å². The molecule has 0 aliphatic carbocycles. The maximum absolute atomic E-state index is 12.7. The Morgan fingerprint density at radius 3 is 1.95 bits per heavy atom. The summed E-state index contributed by atoms with van der Waals surface area (Å²) < 4.78 is 0. The molecule has 0 radical (unpaired) electrons. The summed E-state index contributed by atoms with van der Waals surface area (Å²) in [5.41, 5.74) is 0. The number of nitrogens with zero attached hydrogens (tertiary/aromatic N) is 1. The fourth-order valence-corrected chi connectivity index (χ4v) is 3.05. The van der Waals surface area contributed by atoms with Gasteiger partial charge >= 0.3 is 0 Å². The number of hydrogen-bond donors (Lipinski definition) is 1. The molecule has 1 N–H and O–H groups in total. The van der Waals surface area contributed by atoms with Crippen LogP contribution < -0.4 is 0 Å². The Morgan fingerprint density at radius 2 is 1.50 bits per heavy atom. The van der Waals surface area contributed by atoms with Gasteiger partial charge in [-0.15, -0.1) is 6.58 Å². The van der Waals surface area contributed by atoms with Crippen LogP contribution in [0.2, 0.25) is 0 Å². The highest BCUT2D eigenvalue weighted by Gasteiger charge is 2.30. The second-order valence-corrected chi connectivity index (χ2v) is 6.91. The molecule has 0 aromatic rings. The molecule has 0 rings (SSSR count). The second-order valence-electron chi connectivity index (χ2n) is 6.91. The summed E-state index contributed by atoms with van der Waals surface area (Å²) in [4.78, 5) is 14.6. The van der Waals surface area contributed by atoms with Crippen LogP contribution in [-0.2, 0) is 4.79 Å². The monoisotopic (exact) mass is 311 g/mol. The lowest BCUT2D eigenvalue weighted by atomic mass is 9.93. The molecule has 0 spiro atoms. The maximum atomic E-state index is 12.7. The Balaban J connectivity index is 4.35. The molecule has 0 heterocycles. The fraction of sp³-hybridized carbons (Fsp3) is 0.842. The quantitative estimate of drug-likeness (QED) is 0.424. The number of allylic oxidation sites excluding steroid dienone is 1. The van der Waals surface area contributed by atoms with Gasteiger partial charge in [0.1, 0.15) is 0 Å². The molecule has 3 nitrogen and oxygen atoms in total. The van der Waals surface area contributed by atoms with E-state index in [1.807, 2.05) is 38.7 Å². The van der Waals surface area contributed by atoms with Crippen molar-refractivity contribution in [3.05, 3.63) is 12.7 Å². The number of aliphatic hydroxyl groups is 1. The molecular weight excluding hydrogens is 274 g/mol. The van der Waals surface area contributed by atoms with E-state index in [0.29, 0.717) is 0 Å². The number of unbranched alkanes of at least 4 members (excludes halogenated alkanes) is 5. The van der Waals surface area contributed by atoms with E-state index < -0.39 is 6.10 Å². The van der Waals surface area contributed by atoms with Crippen molar-refractivity contribution in [3.63, 3.8) is 0 Å². The summed E-state index contributed by atoms with van der Waals surface area (Å²) in [5, 5.41) is 10.0. The van der Waals surface area contributed by atoms with Gasteiger partial charge < -0.3 is 10.0 Å². The summed E-state index contributed by atoms with van der Waals surface area (Å²) in [6, 6.07) is 0.348. The number of aliphatic hydroxyl groups excluding tert-OH is 1. The van der Waals surface area contributed by atoms with Crippen LogP contribution in [0.3, 0.4) is 0 Å². The molecule has 0 aliphatic heterocycles. The lowest BCUT2D eigenvalue weighted by molar-refractivity contribution is -0.143. The third-order valence-electron chi connectivity index (χ3n) is 4.19. The first-order chi connectivity index (χ1) is 10.3. The highest BCUT2D eigenvalue weighted by Crippen LogP contribution is 2.21. The molecule has 130 valence electrons. The van der Waals surface area contributed by atoms with E-state index in [1.165, 1.54) is 19.3 Å². The summed E-state index contributed by atoms with van der Waals surface area (Å²) in [6.45, 7) is 13.6. The van der Waals surface area contributed by atoms with Crippen LogP contribution in [0.25, 0.3) is 0 Å². The van der Waals surface area contributed by atoms with Crippen molar-refractivity contribution in [1.29, 1.82) is 0 Å². The zero-order valence-electron chi connectivity index (χ0n) is 15.3. The van der Waals surface area contributed by atoms with Crippen molar-refractivity contribution in [2.75, 3.05) is 0 Å². The lowest BCUT2D eigenvalue weighted by Gasteiger charge is -2.35. The summed E-state index contributed by atoms with van der Waals surface area (Å²) in [5.74, 6) is -0.162. The molecule has 3 heteroatoms. The Hall–Kier alpha value is -0.830. The average Bonchev–Trinajstić information content (AvgIpc) is 2.40. The number of carbonyl (C=O) groups excluding carboxylic acids is 1. The molecule has 0 aromatic heterocycles. The van der Waals surface area contributed by atoms with Gasteiger partial charge in [-0.1, -0.05) is 31.8 Å². The number of hydrogen-bond acceptors (Lipinski definition) is 2. The molecule has 2 atom stereocenters. The Morgan fingerprint density at radius 1 is 1.00 bits per heavy atom. The van der Waals surface area contributed by atoms with Gasteiger partial charge in [0, 0.05) is 12.1 Å². The Labute approximate surface area is 137 Å². The van der Waals surface area contributed by atoms with Crippen molar-refractivity contribution in [2.24, 2.45) is 5.92 Å². The predicted octanol–water partition coefficient (Wildman–Crippen LogP) is 4.55. The van der Waals surface area contributed by atoms with Crippen molar-refractivity contribution >= 4 is 5.91 Å². The third kappa shape index (κ3) is 7.98. The van der Waals surface area contributed by atoms with Crippen molar-refractivity contribution in [1.82, 2.24) is 4.90 Å². The van der Waals surface area contributed by atoms with Gasteiger partial charge in [0.25, 0.3) is 0 Å². The minimum absolute atomic E-state index is 0.103. The molecule has 0 aromatic carbocycles. The van der Waals surface area contributed by atoms with E-state index in [0.717, 1.165) is 25.7 Å². The molecule has 2 unspecified atom stereocenters. The molecule has 0 saturated carbocycles. The van der Waals surface area contributed by atoms with Crippen LogP contribution in [0.15, 0.2) is 12.7 Å². The SMILES string of the molecule is C=CCCCCCCCC(C(=O)N(C(C)C)C(C)C)C(C)O. The first kappa shape index (κ1) is 21.2. The van der Waals surface area contributed by atoms with Crippen LogP contribution in [0.4, 0.5) is 0 Å². The van der Waals surface area contributed by atoms with Gasteiger partial charge in [-0.2, -0.15) is 0 Å². The normalized spacial score (nSPS) is 14.2. The van der Waals surface area contributed by atoms with E-state index in [1.54, 1.807) is 6.92 Å². The van der Waals surface area contributed by atoms with E-state index in [4.69, 9.17) is 0 Å². The minimum atomic E-state index is -0.576. The molecule has 22 heavy (non-hydrogen) atoms. The van der Waals surface area contributed by atoms with E-state index in [-0.39, 0.29) is 23.9 Å². The van der Waals surface area contributed by atoms with E-state index in [9.17, 15) is 9.90 Å². The molecule has 0 bridgehead atoms. The first-order valence-electron chi connectivity index (χ1n) is 8.94. The number of carbonyl (C=O) groups is 1. The smallest absolute Gasteiger partial charge is 0.228 e. The van der Waals surface area contributed by atoms with E-state index in [2.05, 4.69) is 6.58 Å². The van der Waals surface area contributed by atoms with Gasteiger partial charge in [0.15, 0.2) is 0 Å². The second kappa shape index (κ2) is 11.7. The van der Waals surface area contributed by atoms with Gasteiger partial charge in [-0.25, -0.2) is 0 Å². The topological polar surface area (TPSA) is 40.5 Å². The van der Waals surface area contributed by atoms with Gasteiger partial charge in [0.2, 0.25) is 5.91 Å². The highest BCUT2D eigenvalue weighted by molar-refractivity contribution is 5.80. The van der Waals surface area contributed by atoms with Crippen LogP contribution in [0.5, 0.6) is 0 Å². The molecule has 0 fully saturated rings. The van der Waals surface area contributed by atoms with Crippen LogP contribution in [-0.4, -0.2) is 34.1 Å². The largest absolute Gasteiger partial charge is 0.393 e. The first-order valence-corrected chi connectivity index (χ1v) is 8.94. The summed E-state index contributed by atoms with van der Waals surface area (Å²) in [7, 11) is 0. The zero-order chi connectivity index (χ0) is 17.1. The van der Waals surface area contributed by atoms with Gasteiger partial charge in [-0.05, 0) is 53.9 Å². The van der Waals surface area contributed by atoms with E-state index >= 15 is 0 Å². The lowest BCUT2D eigenvalue weighted by Crippen LogP contribution is -2.47. The fourth-order valence-electron chi connectivity index (χ4n) is 3.05. The molecule has 0 aliphatic rings.